The third-order valence-corrected chi connectivity index (χ3v) is 6.81. The van der Waals surface area contributed by atoms with Crippen LogP contribution < -0.4 is 11.5 Å². The van der Waals surface area contributed by atoms with Crippen molar-refractivity contribution in [2.45, 2.75) is 69.9 Å². The van der Waals surface area contributed by atoms with E-state index in [9.17, 15) is 4.79 Å². The van der Waals surface area contributed by atoms with Gasteiger partial charge in [-0.15, -0.1) is 5.10 Å². The van der Waals surface area contributed by atoms with Crippen molar-refractivity contribution in [3.63, 3.8) is 0 Å². The molecule has 0 spiro atoms. The van der Waals surface area contributed by atoms with Crippen molar-refractivity contribution < 1.29 is 9.53 Å². The minimum atomic E-state index is -0.0556. The van der Waals surface area contributed by atoms with Crippen LogP contribution in [0.1, 0.15) is 51.1 Å². The predicted octanol–water partition coefficient (Wildman–Crippen LogP) is 2.38. The Bertz CT molecular complexity index is 1120. The molecule has 172 valence electrons. The molecule has 2 aromatic carbocycles. The number of hydrogen-bond donors (Lipinski definition) is 2. The molecular formula is C26H31N5O2. The molecule has 3 aromatic rings. The lowest BCUT2D eigenvalue weighted by Gasteiger charge is -2.14. The Morgan fingerprint density at radius 2 is 1.67 bits per heavy atom. The van der Waals surface area contributed by atoms with Crippen LogP contribution in [0.15, 0.2) is 48.7 Å². The highest BCUT2D eigenvalue weighted by Gasteiger charge is 2.30. The van der Waals surface area contributed by atoms with Crippen molar-refractivity contribution in [2.75, 3.05) is 0 Å². The van der Waals surface area contributed by atoms with Crippen LogP contribution in [-0.4, -0.2) is 39.0 Å². The maximum atomic E-state index is 13.3. The van der Waals surface area contributed by atoms with Gasteiger partial charge in [0.05, 0.1) is 18.9 Å². The fourth-order valence-electron chi connectivity index (χ4n) is 4.87. The molecular weight excluding hydrogens is 414 g/mol. The third-order valence-electron chi connectivity index (χ3n) is 6.81. The Balaban J connectivity index is 1.26. The number of carbonyl (C=O) groups is 1. The van der Waals surface area contributed by atoms with Gasteiger partial charge in [-0.1, -0.05) is 41.6 Å². The van der Waals surface area contributed by atoms with Crippen molar-refractivity contribution >= 4 is 5.78 Å². The maximum Gasteiger partial charge on any atom is 0.184 e. The van der Waals surface area contributed by atoms with Crippen molar-refractivity contribution in [1.82, 2.24) is 15.0 Å². The Kier molecular flexibility index (Phi) is 6.35. The molecule has 5 aliphatic carbocycles. The maximum absolute atomic E-state index is 13.3. The van der Waals surface area contributed by atoms with Crippen LogP contribution in [0.2, 0.25) is 0 Å². The normalized spacial score (nSPS) is 22.3. The number of aromatic nitrogens is 3. The number of aryl methyl sites for hydroxylation is 4. The largest absolute Gasteiger partial charge is 0.370 e. The van der Waals surface area contributed by atoms with E-state index in [1.165, 1.54) is 16.7 Å². The Morgan fingerprint density at radius 3 is 2.39 bits per heavy atom. The van der Waals surface area contributed by atoms with E-state index < -0.39 is 0 Å². The van der Waals surface area contributed by atoms with Crippen LogP contribution in [0, 0.1) is 0 Å². The number of hydrogen-bond acceptors (Lipinski definition) is 6. The molecule has 7 nitrogen and oxygen atoms in total. The third kappa shape index (κ3) is 5.21. The van der Waals surface area contributed by atoms with Crippen LogP contribution in [-0.2, 0) is 43.6 Å². The number of Topliss-reactive ketones (excluding diaryl/α,β-unsaturated/α-hetero) is 1. The molecule has 4 bridgehead atoms. The quantitative estimate of drug-likeness (QED) is 0.564. The molecule has 1 unspecified atom stereocenters. The summed E-state index contributed by atoms with van der Waals surface area (Å²) in [6, 6.07) is 15.2. The SMILES string of the molecule is N[C@H]1CC(OCc2cn(CC(=O)c3cc4ccc3CCc3ccc(cc3)CC4)nn2)[C@@H](N)C1. The minimum absolute atomic E-state index is 0.0413. The van der Waals surface area contributed by atoms with Gasteiger partial charge in [-0.2, -0.15) is 0 Å². The summed E-state index contributed by atoms with van der Waals surface area (Å²) < 4.78 is 7.50. The zero-order valence-corrected chi connectivity index (χ0v) is 18.8. The van der Waals surface area contributed by atoms with Gasteiger partial charge >= 0.3 is 0 Å². The lowest BCUT2D eigenvalue weighted by Crippen LogP contribution is -2.31. The van der Waals surface area contributed by atoms with Gasteiger partial charge in [0.15, 0.2) is 5.78 Å². The van der Waals surface area contributed by atoms with Gasteiger partial charge in [0.2, 0.25) is 0 Å². The molecule has 1 saturated carbocycles. The summed E-state index contributed by atoms with van der Waals surface area (Å²) in [5.41, 5.74) is 18.4. The summed E-state index contributed by atoms with van der Waals surface area (Å²) in [6.45, 7) is 0.476. The number of nitrogens with two attached hydrogens (primary N) is 2. The Hall–Kier alpha value is -2.87. The number of ketones is 1. The smallest absolute Gasteiger partial charge is 0.184 e. The number of ether oxygens (including phenoxy) is 1. The highest BCUT2D eigenvalue weighted by Crippen LogP contribution is 2.22. The van der Waals surface area contributed by atoms with Gasteiger partial charge < -0.3 is 16.2 Å². The highest BCUT2D eigenvalue weighted by atomic mass is 16.5. The van der Waals surface area contributed by atoms with E-state index in [1.54, 1.807) is 10.9 Å². The second-order valence-electron chi connectivity index (χ2n) is 9.38. The van der Waals surface area contributed by atoms with E-state index in [-0.39, 0.29) is 30.5 Å². The van der Waals surface area contributed by atoms with E-state index in [0.717, 1.165) is 49.7 Å². The van der Waals surface area contributed by atoms with Gasteiger partial charge in [-0.05, 0) is 66.8 Å². The Morgan fingerprint density at radius 1 is 0.970 bits per heavy atom. The average molecular weight is 446 g/mol. The summed E-state index contributed by atoms with van der Waals surface area (Å²) >= 11 is 0. The molecule has 7 heteroatoms. The Labute approximate surface area is 194 Å². The second-order valence-corrected chi connectivity index (χ2v) is 9.38. The van der Waals surface area contributed by atoms with Crippen LogP contribution in [0.25, 0.3) is 0 Å². The topological polar surface area (TPSA) is 109 Å². The van der Waals surface area contributed by atoms with E-state index in [1.807, 2.05) is 0 Å². The molecule has 4 N–H and O–H groups in total. The number of rotatable bonds is 6. The van der Waals surface area contributed by atoms with Crippen molar-refractivity contribution in [3.8, 4) is 0 Å². The first-order valence-electron chi connectivity index (χ1n) is 11.8. The zero-order valence-electron chi connectivity index (χ0n) is 18.8. The summed E-state index contributed by atoms with van der Waals surface area (Å²) in [6.07, 6.45) is 6.89. The number of carbonyl (C=O) groups excluding carboxylic acids is 1. The van der Waals surface area contributed by atoms with Crippen molar-refractivity contribution in [3.05, 3.63) is 82.2 Å². The van der Waals surface area contributed by atoms with Crippen molar-refractivity contribution in [1.29, 1.82) is 0 Å². The number of nitrogens with zero attached hydrogens (tertiary/aromatic N) is 3. The second kappa shape index (κ2) is 9.55. The minimum Gasteiger partial charge on any atom is -0.370 e. The fourth-order valence-corrected chi connectivity index (χ4v) is 4.87. The summed E-state index contributed by atoms with van der Waals surface area (Å²) in [7, 11) is 0. The lowest BCUT2D eigenvalue weighted by molar-refractivity contribution is 0.0332. The predicted molar refractivity (Wildman–Crippen MR) is 126 cm³/mol. The first kappa shape index (κ1) is 21.9. The van der Waals surface area contributed by atoms with Gasteiger partial charge in [-0.3, -0.25) is 4.79 Å². The van der Waals surface area contributed by atoms with Crippen LogP contribution in [0.3, 0.4) is 0 Å². The molecule has 1 aromatic heterocycles. The molecule has 33 heavy (non-hydrogen) atoms. The molecule has 1 fully saturated rings. The van der Waals surface area contributed by atoms with E-state index in [4.69, 9.17) is 16.2 Å². The van der Waals surface area contributed by atoms with Crippen LogP contribution in [0.4, 0.5) is 0 Å². The molecule has 0 amide bonds. The molecule has 0 saturated heterocycles. The fraction of sp³-hybridized carbons (Fsp3) is 0.423. The average Bonchev–Trinajstić information content (AvgIpc) is 3.38. The lowest BCUT2D eigenvalue weighted by atomic mass is 9.92. The highest BCUT2D eigenvalue weighted by molar-refractivity contribution is 5.97. The van der Waals surface area contributed by atoms with Gasteiger partial charge in [0, 0.05) is 17.6 Å². The van der Waals surface area contributed by atoms with Crippen molar-refractivity contribution in [2.24, 2.45) is 11.5 Å². The van der Waals surface area contributed by atoms with E-state index in [0.29, 0.717) is 12.3 Å². The molecule has 8 rings (SSSR count). The zero-order chi connectivity index (χ0) is 22.8. The molecule has 0 radical (unpaired) electrons. The standard InChI is InChI=1S/C26H31N5O2/c27-21-12-24(28)26(13-21)33-16-22-14-31(30-29-22)15-25(32)23-11-19-6-5-17-1-3-18(4-2-17)7-9-20(23)10-8-19/h1-4,8,10-11,14,21,24,26H,5-7,9,12-13,15-16,27-28H2/t21-,24+,26?/m1/s1. The van der Waals surface area contributed by atoms with Gasteiger partial charge in [0.1, 0.15) is 12.2 Å². The summed E-state index contributed by atoms with van der Waals surface area (Å²) in [4.78, 5) is 13.3. The van der Waals surface area contributed by atoms with Gasteiger partial charge in [0.25, 0.3) is 0 Å². The first-order valence-corrected chi connectivity index (χ1v) is 11.8. The molecule has 3 atom stereocenters. The van der Waals surface area contributed by atoms with Gasteiger partial charge in [-0.25, -0.2) is 4.68 Å². The number of benzene rings is 2. The van der Waals surface area contributed by atoms with E-state index in [2.05, 4.69) is 52.8 Å². The van der Waals surface area contributed by atoms with Crippen LogP contribution in [0.5, 0.6) is 0 Å². The molecule has 0 aliphatic heterocycles. The summed E-state index contributed by atoms with van der Waals surface area (Å²) in [5.74, 6) is 0.0546. The monoisotopic (exact) mass is 445 g/mol. The van der Waals surface area contributed by atoms with Crippen LogP contribution >= 0.6 is 0 Å². The van der Waals surface area contributed by atoms with E-state index >= 15 is 0 Å². The molecule has 5 aliphatic rings. The summed E-state index contributed by atoms with van der Waals surface area (Å²) in [5, 5.41) is 8.32. The molecule has 1 heterocycles. The first-order chi connectivity index (χ1) is 16.0.